The van der Waals surface area contributed by atoms with Gasteiger partial charge in [-0.2, -0.15) is 0 Å². The van der Waals surface area contributed by atoms with Crippen LogP contribution in [-0.4, -0.2) is 15.6 Å². The highest BCUT2D eigenvalue weighted by Crippen LogP contribution is 2.32. The van der Waals surface area contributed by atoms with E-state index in [1.807, 2.05) is 40.3 Å². The van der Waals surface area contributed by atoms with E-state index in [0.29, 0.717) is 16.5 Å². The highest BCUT2D eigenvalue weighted by Gasteiger charge is 2.14. The molecule has 0 bridgehead atoms. The Kier molecular flexibility index (Phi) is 4.76. The summed E-state index contributed by atoms with van der Waals surface area (Å²) in [5.74, 6) is -0.815. The van der Waals surface area contributed by atoms with Crippen LogP contribution in [0.3, 0.4) is 0 Å². The Morgan fingerprint density at radius 1 is 1.13 bits per heavy atom. The third kappa shape index (κ3) is 3.44. The van der Waals surface area contributed by atoms with Gasteiger partial charge in [-0.15, -0.1) is 11.3 Å². The summed E-state index contributed by atoms with van der Waals surface area (Å²) in [7, 11) is 0. The van der Waals surface area contributed by atoms with Crippen LogP contribution >= 0.6 is 34.5 Å². The smallest absolute Gasteiger partial charge is 0.303 e. The van der Waals surface area contributed by atoms with Gasteiger partial charge < -0.3 is 9.67 Å². The molecule has 0 saturated carbocycles. The van der Waals surface area contributed by atoms with E-state index in [4.69, 9.17) is 28.3 Å². The number of rotatable bonds is 5. The SMILES string of the molecule is O=C(O)CCc1ccc(-c2cccs2)n1-c1ccc(Cl)c(Cl)c1. The summed E-state index contributed by atoms with van der Waals surface area (Å²) in [6, 6.07) is 13.4. The number of carboxylic acid groups (broad SMARTS) is 1. The van der Waals surface area contributed by atoms with E-state index < -0.39 is 5.97 Å². The van der Waals surface area contributed by atoms with Crippen LogP contribution in [0.4, 0.5) is 0 Å². The van der Waals surface area contributed by atoms with Crippen LogP contribution < -0.4 is 0 Å². The summed E-state index contributed by atoms with van der Waals surface area (Å²) >= 11 is 13.8. The molecule has 2 aromatic heterocycles. The molecular formula is C17H13Cl2NO2S. The molecule has 1 N–H and O–H groups in total. The number of nitrogens with zero attached hydrogens (tertiary/aromatic N) is 1. The number of hydrogen-bond donors (Lipinski definition) is 1. The maximum absolute atomic E-state index is 10.9. The van der Waals surface area contributed by atoms with E-state index in [-0.39, 0.29) is 6.42 Å². The first-order chi connectivity index (χ1) is 11.1. The minimum atomic E-state index is -0.815. The van der Waals surface area contributed by atoms with Crippen molar-refractivity contribution in [2.24, 2.45) is 0 Å². The number of aromatic nitrogens is 1. The van der Waals surface area contributed by atoms with Crippen molar-refractivity contribution in [2.45, 2.75) is 12.8 Å². The van der Waals surface area contributed by atoms with Gasteiger partial charge in [0.15, 0.2) is 0 Å². The van der Waals surface area contributed by atoms with Crippen molar-refractivity contribution in [1.29, 1.82) is 0 Å². The minimum absolute atomic E-state index is 0.0786. The van der Waals surface area contributed by atoms with Gasteiger partial charge in [-0.05, 0) is 48.2 Å². The van der Waals surface area contributed by atoms with E-state index in [0.717, 1.165) is 22.0 Å². The van der Waals surface area contributed by atoms with E-state index in [9.17, 15) is 4.79 Å². The molecule has 3 aromatic rings. The molecule has 3 nitrogen and oxygen atoms in total. The van der Waals surface area contributed by atoms with Crippen molar-refractivity contribution < 1.29 is 9.90 Å². The van der Waals surface area contributed by atoms with Crippen LogP contribution in [0.5, 0.6) is 0 Å². The molecule has 0 fully saturated rings. The first-order valence-electron chi connectivity index (χ1n) is 6.98. The predicted octanol–water partition coefficient (Wildman–Crippen LogP) is 5.53. The van der Waals surface area contributed by atoms with Gasteiger partial charge >= 0.3 is 5.97 Å². The van der Waals surface area contributed by atoms with Crippen LogP contribution in [0.2, 0.25) is 10.0 Å². The van der Waals surface area contributed by atoms with Crippen LogP contribution in [0.25, 0.3) is 16.3 Å². The van der Waals surface area contributed by atoms with Crippen LogP contribution in [0.15, 0.2) is 47.8 Å². The Labute approximate surface area is 147 Å². The predicted molar refractivity (Wildman–Crippen MR) is 95.1 cm³/mol. The number of carboxylic acids is 1. The van der Waals surface area contributed by atoms with Crippen LogP contribution in [-0.2, 0) is 11.2 Å². The summed E-state index contributed by atoms with van der Waals surface area (Å²) in [4.78, 5) is 12.0. The Morgan fingerprint density at radius 3 is 2.61 bits per heavy atom. The quantitative estimate of drug-likeness (QED) is 0.645. The fraction of sp³-hybridized carbons (Fsp3) is 0.118. The lowest BCUT2D eigenvalue weighted by Crippen LogP contribution is -2.05. The molecule has 118 valence electrons. The molecule has 0 aliphatic carbocycles. The van der Waals surface area contributed by atoms with Gasteiger partial charge in [0.1, 0.15) is 0 Å². The highest BCUT2D eigenvalue weighted by molar-refractivity contribution is 7.13. The maximum atomic E-state index is 10.9. The second-order valence-corrected chi connectivity index (χ2v) is 6.78. The summed E-state index contributed by atoms with van der Waals surface area (Å²) in [6.07, 6.45) is 0.524. The molecule has 0 amide bonds. The normalized spacial score (nSPS) is 10.9. The zero-order chi connectivity index (χ0) is 16.4. The van der Waals surface area contributed by atoms with Gasteiger partial charge in [0.25, 0.3) is 0 Å². The number of hydrogen-bond acceptors (Lipinski definition) is 2. The molecule has 0 unspecified atom stereocenters. The number of carbonyl (C=O) groups is 1. The average Bonchev–Trinajstić information content (AvgIpc) is 3.16. The Hall–Kier alpha value is -1.75. The van der Waals surface area contributed by atoms with Crippen molar-refractivity contribution in [1.82, 2.24) is 4.57 Å². The second kappa shape index (κ2) is 6.79. The van der Waals surface area contributed by atoms with Crippen molar-refractivity contribution >= 4 is 40.5 Å². The first kappa shape index (κ1) is 16.1. The molecule has 0 atom stereocenters. The standard InChI is InChI=1S/C17H13Cl2NO2S/c18-13-6-3-12(10-14(13)19)20-11(5-8-17(21)22)4-7-15(20)16-2-1-9-23-16/h1-4,6-7,9-10H,5,8H2,(H,21,22). The Morgan fingerprint density at radius 2 is 1.96 bits per heavy atom. The Bertz CT molecular complexity index is 840. The van der Waals surface area contributed by atoms with E-state index in [1.54, 1.807) is 23.5 Å². The van der Waals surface area contributed by atoms with Gasteiger partial charge in [0.05, 0.1) is 27.0 Å². The number of aryl methyl sites for hydroxylation is 1. The number of benzene rings is 1. The molecule has 0 aliphatic heterocycles. The molecule has 2 heterocycles. The van der Waals surface area contributed by atoms with Crippen LogP contribution in [0.1, 0.15) is 12.1 Å². The van der Waals surface area contributed by atoms with Gasteiger partial charge in [-0.1, -0.05) is 29.3 Å². The molecular weight excluding hydrogens is 353 g/mol. The fourth-order valence-corrected chi connectivity index (χ4v) is 3.49. The number of halogens is 2. The number of thiophene rings is 1. The first-order valence-corrected chi connectivity index (χ1v) is 8.61. The summed E-state index contributed by atoms with van der Waals surface area (Å²) in [5.41, 5.74) is 2.81. The van der Waals surface area contributed by atoms with Crippen molar-refractivity contribution in [3.8, 4) is 16.3 Å². The third-order valence-electron chi connectivity index (χ3n) is 3.49. The summed E-state index contributed by atoms with van der Waals surface area (Å²) in [6.45, 7) is 0. The van der Waals surface area contributed by atoms with E-state index >= 15 is 0 Å². The van der Waals surface area contributed by atoms with Crippen LogP contribution in [0, 0.1) is 0 Å². The van der Waals surface area contributed by atoms with Gasteiger partial charge in [-0.25, -0.2) is 0 Å². The monoisotopic (exact) mass is 365 g/mol. The minimum Gasteiger partial charge on any atom is -0.481 e. The average molecular weight is 366 g/mol. The molecule has 0 radical (unpaired) electrons. The zero-order valence-electron chi connectivity index (χ0n) is 12.0. The molecule has 0 aliphatic rings. The van der Waals surface area contributed by atoms with E-state index in [2.05, 4.69) is 0 Å². The van der Waals surface area contributed by atoms with Gasteiger partial charge in [-0.3, -0.25) is 4.79 Å². The molecule has 6 heteroatoms. The summed E-state index contributed by atoms with van der Waals surface area (Å²) < 4.78 is 2.04. The molecule has 1 aromatic carbocycles. The zero-order valence-corrected chi connectivity index (χ0v) is 14.3. The summed E-state index contributed by atoms with van der Waals surface area (Å²) in [5, 5.41) is 11.9. The topological polar surface area (TPSA) is 42.2 Å². The van der Waals surface area contributed by atoms with Gasteiger partial charge in [0.2, 0.25) is 0 Å². The largest absolute Gasteiger partial charge is 0.481 e. The van der Waals surface area contributed by atoms with Crippen molar-refractivity contribution in [3.63, 3.8) is 0 Å². The second-order valence-electron chi connectivity index (χ2n) is 5.01. The lowest BCUT2D eigenvalue weighted by atomic mass is 10.2. The molecule has 3 rings (SSSR count). The lowest BCUT2D eigenvalue weighted by molar-refractivity contribution is -0.136. The van der Waals surface area contributed by atoms with E-state index in [1.165, 1.54) is 0 Å². The third-order valence-corrected chi connectivity index (χ3v) is 5.12. The fourth-order valence-electron chi connectivity index (χ4n) is 2.45. The molecule has 23 heavy (non-hydrogen) atoms. The molecule has 0 spiro atoms. The molecule has 0 saturated heterocycles. The maximum Gasteiger partial charge on any atom is 0.303 e. The Balaban J connectivity index is 2.12. The highest BCUT2D eigenvalue weighted by atomic mass is 35.5. The lowest BCUT2D eigenvalue weighted by Gasteiger charge is -2.13. The van der Waals surface area contributed by atoms with Crippen molar-refractivity contribution in [2.75, 3.05) is 0 Å². The van der Waals surface area contributed by atoms with Crippen molar-refractivity contribution in [3.05, 3.63) is 63.6 Å². The van der Waals surface area contributed by atoms with Gasteiger partial charge in [0, 0.05) is 11.4 Å². The number of aliphatic carboxylic acids is 1.